The van der Waals surface area contributed by atoms with Gasteiger partial charge in [-0.1, -0.05) is 13.8 Å². The average Bonchev–Trinajstić information content (AvgIpc) is 3.20. The number of furan rings is 1. The number of carboxylic acids is 1. The first-order valence-electron chi connectivity index (χ1n) is 10.2. The Morgan fingerprint density at radius 2 is 1.26 bits per heavy atom. The highest BCUT2D eigenvalue weighted by molar-refractivity contribution is 5.95. The number of rotatable bonds is 13. The number of likely N-dealkylation sites (N-methyl/N-ethyl adjacent to an activating group) is 1. The normalized spacial score (nSPS) is 11.6. The van der Waals surface area contributed by atoms with E-state index in [2.05, 4.69) is 21.3 Å². The smallest absolute Gasteiger partial charge is 0.309 e. The monoisotopic (exact) mass is 438 g/mol. The van der Waals surface area contributed by atoms with E-state index in [1.54, 1.807) is 34.7 Å². The van der Waals surface area contributed by atoms with Crippen molar-refractivity contribution in [1.29, 1.82) is 0 Å². The number of amides is 3. The van der Waals surface area contributed by atoms with E-state index < -0.39 is 28.6 Å². The maximum Gasteiger partial charge on any atom is 0.309 e. The fourth-order valence-electron chi connectivity index (χ4n) is 2.49. The van der Waals surface area contributed by atoms with Gasteiger partial charge in [0.25, 0.3) is 11.8 Å². The number of carboxylic acid groups (broad SMARTS) is 1. The number of nitrogens with one attached hydrogen (secondary N) is 4. The molecule has 0 spiro atoms. The molecule has 0 aliphatic heterocycles. The fraction of sp³-hybridized carbons (Fsp3) is 0.619. The van der Waals surface area contributed by atoms with Crippen LogP contribution in [0.25, 0.3) is 0 Å². The summed E-state index contributed by atoms with van der Waals surface area (Å²) >= 11 is 0. The topological polar surface area (TPSA) is 150 Å². The summed E-state index contributed by atoms with van der Waals surface area (Å²) in [6, 6.07) is 2.83. The van der Waals surface area contributed by atoms with Crippen LogP contribution in [0.5, 0.6) is 0 Å². The lowest BCUT2D eigenvalue weighted by molar-refractivity contribution is -0.148. The molecular formula is C21H34N4O6. The van der Waals surface area contributed by atoms with Crippen LogP contribution in [-0.2, 0) is 9.59 Å². The van der Waals surface area contributed by atoms with Crippen molar-refractivity contribution in [3.8, 4) is 0 Å². The molecule has 0 saturated carbocycles. The highest BCUT2D eigenvalue weighted by Crippen LogP contribution is 2.31. The maximum atomic E-state index is 12.4. The lowest BCUT2D eigenvalue weighted by Crippen LogP contribution is -2.41. The van der Waals surface area contributed by atoms with Crippen molar-refractivity contribution in [2.45, 2.75) is 40.5 Å². The quantitative estimate of drug-likeness (QED) is 0.288. The number of aliphatic carboxylic acids is 1. The standard InChI is InChI=1S/C21H34N4O6/c1-20(2,8-9-21(3,4)19(29)30)18(28)25-13-12-24-17(27)15-7-6-14(31-15)16(26)23-11-10-22-5/h6-7,22H,8-13H2,1-5H3,(H,23,26)(H,24,27)(H,25,28)(H,29,30). The Balaban J connectivity index is 2.41. The highest BCUT2D eigenvalue weighted by atomic mass is 16.4. The van der Waals surface area contributed by atoms with Gasteiger partial charge >= 0.3 is 5.97 Å². The second kappa shape index (κ2) is 11.5. The van der Waals surface area contributed by atoms with Crippen molar-refractivity contribution in [2.24, 2.45) is 10.8 Å². The van der Waals surface area contributed by atoms with Crippen molar-refractivity contribution in [2.75, 3.05) is 33.2 Å². The molecule has 0 aromatic carbocycles. The SMILES string of the molecule is CNCCNC(=O)c1ccc(C(=O)NCCNC(=O)C(C)(C)CCC(C)(C)C(=O)O)o1. The Kier molecular flexibility index (Phi) is 9.70. The van der Waals surface area contributed by atoms with Crippen molar-refractivity contribution in [3.63, 3.8) is 0 Å². The molecule has 1 aromatic heterocycles. The minimum atomic E-state index is -0.906. The summed E-state index contributed by atoms with van der Waals surface area (Å²) in [5, 5.41) is 20.1. The van der Waals surface area contributed by atoms with Crippen molar-refractivity contribution < 1.29 is 28.7 Å². The molecule has 10 nitrogen and oxygen atoms in total. The Morgan fingerprint density at radius 1 is 0.806 bits per heavy atom. The van der Waals surface area contributed by atoms with Crippen molar-refractivity contribution >= 4 is 23.7 Å². The summed E-state index contributed by atoms with van der Waals surface area (Å²) in [7, 11) is 1.77. The molecule has 3 amide bonds. The van der Waals surface area contributed by atoms with Crippen LogP contribution >= 0.6 is 0 Å². The van der Waals surface area contributed by atoms with E-state index in [1.165, 1.54) is 12.1 Å². The van der Waals surface area contributed by atoms with E-state index in [0.717, 1.165) is 0 Å². The molecular weight excluding hydrogens is 404 g/mol. The minimum absolute atomic E-state index is 0.00123. The third kappa shape index (κ3) is 8.41. The number of hydrogen-bond donors (Lipinski definition) is 5. The first-order valence-corrected chi connectivity index (χ1v) is 10.2. The second-order valence-corrected chi connectivity index (χ2v) is 8.61. The molecule has 0 atom stereocenters. The Labute approximate surface area is 182 Å². The maximum absolute atomic E-state index is 12.4. The van der Waals surface area contributed by atoms with E-state index in [1.807, 2.05) is 0 Å². The number of carbonyl (C=O) groups is 4. The van der Waals surface area contributed by atoms with Gasteiger partial charge in [-0.05, 0) is 45.9 Å². The van der Waals surface area contributed by atoms with Crippen LogP contribution in [-0.4, -0.2) is 62.0 Å². The molecule has 0 saturated heterocycles. The largest absolute Gasteiger partial charge is 0.481 e. The van der Waals surface area contributed by atoms with Crippen LogP contribution in [0.4, 0.5) is 0 Å². The Hall–Kier alpha value is -2.88. The summed E-state index contributed by atoms with van der Waals surface area (Å²) in [6.45, 7) is 8.19. The lowest BCUT2D eigenvalue weighted by atomic mass is 9.78. The zero-order valence-electron chi connectivity index (χ0n) is 18.9. The molecule has 0 aliphatic carbocycles. The molecule has 0 fully saturated rings. The molecule has 0 unspecified atom stereocenters. The summed E-state index contributed by atoms with van der Waals surface area (Å²) in [5.74, 6) is -1.98. The Bertz CT molecular complexity index is 785. The van der Waals surface area contributed by atoms with Gasteiger partial charge < -0.3 is 30.8 Å². The first kappa shape index (κ1) is 26.2. The summed E-state index contributed by atoms with van der Waals surface area (Å²) in [5.41, 5.74) is -1.65. The van der Waals surface area contributed by atoms with E-state index >= 15 is 0 Å². The van der Waals surface area contributed by atoms with Gasteiger partial charge in [0.1, 0.15) is 0 Å². The molecule has 5 N–H and O–H groups in total. The van der Waals surface area contributed by atoms with Crippen LogP contribution in [0.3, 0.4) is 0 Å². The van der Waals surface area contributed by atoms with E-state index in [-0.39, 0.29) is 30.5 Å². The van der Waals surface area contributed by atoms with Crippen LogP contribution in [0, 0.1) is 10.8 Å². The zero-order valence-corrected chi connectivity index (χ0v) is 18.9. The molecule has 0 radical (unpaired) electrons. The minimum Gasteiger partial charge on any atom is -0.481 e. The average molecular weight is 439 g/mol. The Morgan fingerprint density at radius 3 is 1.74 bits per heavy atom. The summed E-state index contributed by atoms with van der Waals surface area (Å²) in [4.78, 5) is 47.7. The van der Waals surface area contributed by atoms with Gasteiger partial charge in [0.2, 0.25) is 5.91 Å². The first-order chi connectivity index (χ1) is 14.4. The summed E-state index contributed by atoms with van der Waals surface area (Å²) in [6.07, 6.45) is 0.777. The van der Waals surface area contributed by atoms with Gasteiger partial charge in [-0.15, -0.1) is 0 Å². The molecule has 1 heterocycles. The highest BCUT2D eigenvalue weighted by Gasteiger charge is 2.33. The molecule has 1 aromatic rings. The molecule has 1 rings (SSSR count). The molecule has 10 heteroatoms. The predicted molar refractivity (Wildman–Crippen MR) is 115 cm³/mol. The molecule has 0 bridgehead atoms. The molecule has 31 heavy (non-hydrogen) atoms. The van der Waals surface area contributed by atoms with E-state index in [4.69, 9.17) is 4.42 Å². The van der Waals surface area contributed by atoms with Gasteiger partial charge in [-0.25, -0.2) is 0 Å². The predicted octanol–water partition coefficient (Wildman–Crippen LogP) is 0.992. The lowest BCUT2D eigenvalue weighted by Gasteiger charge is -2.27. The third-order valence-corrected chi connectivity index (χ3v) is 4.98. The van der Waals surface area contributed by atoms with Gasteiger partial charge in [0.15, 0.2) is 11.5 Å². The van der Waals surface area contributed by atoms with Gasteiger partial charge in [0.05, 0.1) is 5.41 Å². The third-order valence-electron chi connectivity index (χ3n) is 4.98. The van der Waals surface area contributed by atoms with E-state index in [9.17, 15) is 24.3 Å². The number of carbonyl (C=O) groups excluding carboxylic acids is 3. The number of hydrogen-bond acceptors (Lipinski definition) is 6. The summed E-state index contributed by atoms with van der Waals surface area (Å²) < 4.78 is 5.27. The van der Waals surface area contributed by atoms with Crippen LogP contribution < -0.4 is 21.3 Å². The molecule has 174 valence electrons. The van der Waals surface area contributed by atoms with Crippen molar-refractivity contribution in [3.05, 3.63) is 23.7 Å². The van der Waals surface area contributed by atoms with Crippen LogP contribution in [0.2, 0.25) is 0 Å². The van der Waals surface area contributed by atoms with E-state index in [0.29, 0.717) is 25.9 Å². The second-order valence-electron chi connectivity index (χ2n) is 8.61. The van der Waals surface area contributed by atoms with Crippen LogP contribution in [0.1, 0.15) is 61.6 Å². The van der Waals surface area contributed by atoms with Gasteiger partial charge in [-0.3, -0.25) is 19.2 Å². The van der Waals surface area contributed by atoms with Gasteiger partial charge in [0, 0.05) is 31.6 Å². The van der Waals surface area contributed by atoms with Crippen molar-refractivity contribution in [1.82, 2.24) is 21.3 Å². The zero-order chi connectivity index (χ0) is 23.7. The fourth-order valence-corrected chi connectivity index (χ4v) is 2.49. The molecule has 0 aliphatic rings. The van der Waals surface area contributed by atoms with Crippen LogP contribution in [0.15, 0.2) is 16.5 Å². The van der Waals surface area contributed by atoms with Gasteiger partial charge in [-0.2, -0.15) is 0 Å².